The van der Waals surface area contributed by atoms with E-state index in [0.717, 1.165) is 13.2 Å². The summed E-state index contributed by atoms with van der Waals surface area (Å²) >= 11 is 0. The summed E-state index contributed by atoms with van der Waals surface area (Å²) in [7, 11) is 0. The molecule has 0 aromatic carbocycles. The average molecular weight is 328 g/mol. The van der Waals surface area contributed by atoms with Crippen molar-refractivity contribution in [1.82, 2.24) is 0 Å². The minimum atomic E-state index is -0.365. The smallest absolute Gasteiger partial charge is 0.104 e. The van der Waals surface area contributed by atoms with Crippen LogP contribution in [-0.2, 0) is 28.4 Å². The van der Waals surface area contributed by atoms with E-state index in [9.17, 15) is 0 Å². The lowest BCUT2D eigenvalue weighted by atomic mass is 9.92. The predicted octanol–water partition coefficient (Wildman–Crippen LogP) is 1.21. The maximum Gasteiger partial charge on any atom is 0.104 e. The first-order valence-electron chi connectivity index (χ1n) is 8.04. The third-order valence-corrected chi connectivity index (χ3v) is 3.52. The standard InChI is InChI=1S/C17H28O6/c1-3-5-18-11-17(12-19-6-4-2,13-20-7-15-9-22-15)14-21-8-16-10-23-16/h3-4,15-16H,1-2,5-14H2. The van der Waals surface area contributed by atoms with E-state index in [2.05, 4.69) is 13.2 Å². The first-order chi connectivity index (χ1) is 11.3. The van der Waals surface area contributed by atoms with Crippen molar-refractivity contribution in [3.63, 3.8) is 0 Å². The molecule has 6 heteroatoms. The minimum Gasteiger partial charge on any atom is -0.378 e. The molecule has 2 atom stereocenters. The van der Waals surface area contributed by atoms with E-state index >= 15 is 0 Å². The Morgan fingerprint density at radius 2 is 1.17 bits per heavy atom. The third kappa shape index (κ3) is 8.06. The fourth-order valence-corrected chi connectivity index (χ4v) is 2.11. The summed E-state index contributed by atoms with van der Waals surface area (Å²) in [6.45, 7) is 13.0. The van der Waals surface area contributed by atoms with E-state index in [1.165, 1.54) is 0 Å². The number of ether oxygens (including phenoxy) is 6. The SMILES string of the molecule is C=CCOCC(COCC=C)(COCC1CO1)COCC1CO1. The van der Waals surface area contributed by atoms with Crippen LogP contribution in [0.1, 0.15) is 0 Å². The Morgan fingerprint density at radius 1 is 0.783 bits per heavy atom. The van der Waals surface area contributed by atoms with Crippen molar-refractivity contribution < 1.29 is 28.4 Å². The topological polar surface area (TPSA) is 62.0 Å². The maximum absolute atomic E-state index is 5.81. The van der Waals surface area contributed by atoms with Gasteiger partial charge in [-0.15, -0.1) is 13.2 Å². The highest BCUT2D eigenvalue weighted by Gasteiger charge is 2.34. The lowest BCUT2D eigenvalue weighted by molar-refractivity contribution is -0.103. The van der Waals surface area contributed by atoms with Gasteiger partial charge in [0.1, 0.15) is 12.2 Å². The molecule has 0 aromatic rings. The van der Waals surface area contributed by atoms with Crippen molar-refractivity contribution in [2.75, 3.05) is 66.1 Å². The van der Waals surface area contributed by atoms with E-state index < -0.39 is 0 Å². The maximum atomic E-state index is 5.81. The van der Waals surface area contributed by atoms with Crippen LogP contribution in [-0.4, -0.2) is 78.3 Å². The second-order valence-electron chi connectivity index (χ2n) is 6.05. The Kier molecular flexibility index (Phi) is 8.22. The van der Waals surface area contributed by atoms with Crippen LogP contribution in [0.25, 0.3) is 0 Å². The van der Waals surface area contributed by atoms with E-state index in [4.69, 9.17) is 28.4 Å². The molecule has 2 rings (SSSR count). The number of rotatable bonds is 16. The molecule has 2 unspecified atom stereocenters. The van der Waals surface area contributed by atoms with Crippen molar-refractivity contribution in [2.24, 2.45) is 5.41 Å². The van der Waals surface area contributed by atoms with Gasteiger partial charge < -0.3 is 28.4 Å². The van der Waals surface area contributed by atoms with E-state index in [1.54, 1.807) is 12.2 Å². The first-order valence-corrected chi connectivity index (χ1v) is 8.04. The summed E-state index contributed by atoms with van der Waals surface area (Å²) in [4.78, 5) is 0. The highest BCUT2D eigenvalue weighted by molar-refractivity contribution is 4.82. The van der Waals surface area contributed by atoms with Gasteiger partial charge in [0.15, 0.2) is 0 Å². The van der Waals surface area contributed by atoms with Gasteiger partial charge in [0.2, 0.25) is 0 Å². The van der Waals surface area contributed by atoms with Crippen LogP contribution in [0.2, 0.25) is 0 Å². The molecule has 0 N–H and O–H groups in total. The first kappa shape index (κ1) is 18.6. The second kappa shape index (κ2) is 10.2. The fraction of sp³-hybridized carbons (Fsp3) is 0.765. The van der Waals surface area contributed by atoms with Crippen LogP contribution in [0.5, 0.6) is 0 Å². The van der Waals surface area contributed by atoms with Crippen molar-refractivity contribution in [3.8, 4) is 0 Å². The molecule has 23 heavy (non-hydrogen) atoms. The zero-order valence-electron chi connectivity index (χ0n) is 13.7. The fourth-order valence-electron chi connectivity index (χ4n) is 2.11. The van der Waals surface area contributed by atoms with Crippen molar-refractivity contribution in [1.29, 1.82) is 0 Å². The van der Waals surface area contributed by atoms with Gasteiger partial charge in [-0.25, -0.2) is 0 Å². The second-order valence-corrected chi connectivity index (χ2v) is 6.05. The molecule has 0 radical (unpaired) electrons. The Hall–Kier alpha value is -0.760. The van der Waals surface area contributed by atoms with Gasteiger partial charge in [-0.05, 0) is 0 Å². The molecule has 2 aliphatic rings. The Balaban J connectivity index is 1.84. The minimum absolute atomic E-state index is 0.233. The molecule has 0 aliphatic carbocycles. The molecule has 0 bridgehead atoms. The van der Waals surface area contributed by atoms with Gasteiger partial charge in [-0.2, -0.15) is 0 Å². The molecular formula is C17H28O6. The average Bonchev–Trinajstić information content (AvgIpc) is 3.43. The van der Waals surface area contributed by atoms with E-state index in [-0.39, 0.29) is 17.6 Å². The summed E-state index contributed by atoms with van der Waals surface area (Å²) in [5.74, 6) is 0. The molecule has 2 saturated heterocycles. The van der Waals surface area contributed by atoms with Crippen LogP contribution < -0.4 is 0 Å². The van der Waals surface area contributed by atoms with Gasteiger partial charge >= 0.3 is 0 Å². The molecule has 0 saturated carbocycles. The van der Waals surface area contributed by atoms with Crippen LogP contribution in [0, 0.1) is 5.41 Å². The molecule has 0 aromatic heterocycles. The van der Waals surface area contributed by atoms with Crippen LogP contribution >= 0.6 is 0 Å². The van der Waals surface area contributed by atoms with E-state index in [0.29, 0.717) is 52.9 Å². The molecule has 0 amide bonds. The zero-order valence-corrected chi connectivity index (χ0v) is 13.7. The zero-order chi connectivity index (χ0) is 16.4. The third-order valence-electron chi connectivity index (χ3n) is 3.52. The molecule has 0 spiro atoms. The van der Waals surface area contributed by atoms with Crippen molar-refractivity contribution in [2.45, 2.75) is 12.2 Å². The summed E-state index contributed by atoms with van der Waals surface area (Å²) in [6, 6.07) is 0. The Labute approximate surface area is 138 Å². The van der Waals surface area contributed by atoms with Gasteiger partial charge in [0.25, 0.3) is 0 Å². The van der Waals surface area contributed by atoms with Crippen LogP contribution in [0.4, 0.5) is 0 Å². The monoisotopic (exact) mass is 328 g/mol. The normalized spacial score (nSPS) is 22.8. The lowest BCUT2D eigenvalue weighted by Gasteiger charge is -2.32. The summed E-state index contributed by atoms with van der Waals surface area (Å²) < 4.78 is 33.3. The Morgan fingerprint density at radius 3 is 1.52 bits per heavy atom. The highest BCUT2D eigenvalue weighted by Crippen LogP contribution is 2.23. The number of hydrogen-bond donors (Lipinski definition) is 0. The lowest BCUT2D eigenvalue weighted by Crippen LogP contribution is -2.42. The molecule has 2 heterocycles. The van der Waals surface area contributed by atoms with Crippen LogP contribution in [0.15, 0.2) is 25.3 Å². The molecule has 6 nitrogen and oxygen atoms in total. The molecule has 2 aliphatic heterocycles. The summed E-state index contributed by atoms with van der Waals surface area (Å²) in [6.07, 6.45) is 3.92. The molecular weight excluding hydrogens is 300 g/mol. The van der Waals surface area contributed by atoms with E-state index in [1.807, 2.05) is 0 Å². The van der Waals surface area contributed by atoms with Gasteiger partial charge in [-0.1, -0.05) is 12.2 Å². The van der Waals surface area contributed by atoms with Crippen LogP contribution in [0.3, 0.4) is 0 Å². The van der Waals surface area contributed by atoms with Gasteiger partial charge in [-0.3, -0.25) is 0 Å². The molecule has 2 fully saturated rings. The largest absolute Gasteiger partial charge is 0.378 e. The van der Waals surface area contributed by atoms with Gasteiger partial charge in [0.05, 0.1) is 71.5 Å². The quantitative estimate of drug-likeness (QED) is 0.241. The number of hydrogen-bond acceptors (Lipinski definition) is 6. The van der Waals surface area contributed by atoms with Crippen molar-refractivity contribution in [3.05, 3.63) is 25.3 Å². The molecule has 132 valence electrons. The highest BCUT2D eigenvalue weighted by atomic mass is 16.6. The Bertz CT molecular complexity index is 317. The number of epoxide rings is 2. The predicted molar refractivity (Wildman–Crippen MR) is 85.6 cm³/mol. The van der Waals surface area contributed by atoms with Crippen molar-refractivity contribution >= 4 is 0 Å². The van der Waals surface area contributed by atoms with Gasteiger partial charge in [0, 0.05) is 0 Å². The summed E-state index contributed by atoms with van der Waals surface area (Å²) in [5.41, 5.74) is -0.365. The summed E-state index contributed by atoms with van der Waals surface area (Å²) in [5, 5.41) is 0.